The Hall–Kier alpha value is 0.773. The first-order valence-electron chi connectivity index (χ1n) is 2.60. The first-order chi connectivity index (χ1) is 3.81. The Balaban J connectivity index is 0. The Morgan fingerprint density at radius 1 is 1.22 bits per heavy atom. The molecule has 0 aliphatic rings. The molecule has 0 aromatic heterocycles. The molecule has 0 atom stereocenters. The molecule has 0 aliphatic carbocycles. The zero-order chi connectivity index (χ0) is 6.41. The van der Waals surface area contributed by atoms with Gasteiger partial charge < -0.3 is 9.05 Å². The molecular formula is C4H11O3PZn. The van der Waals surface area contributed by atoms with Crippen LogP contribution >= 0.6 is 8.25 Å². The maximum Gasteiger partial charge on any atom is 0.319 e. The van der Waals surface area contributed by atoms with E-state index >= 15 is 0 Å². The van der Waals surface area contributed by atoms with Crippen LogP contribution in [0.5, 0.6) is 0 Å². The summed E-state index contributed by atoms with van der Waals surface area (Å²) in [6.45, 7) is 4.47. The number of rotatable bonds is 4. The fourth-order valence-corrected chi connectivity index (χ4v) is 0.832. The van der Waals surface area contributed by atoms with Gasteiger partial charge in [-0.1, -0.05) is 0 Å². The predicted octanol–water partition coefficient (Wildman–Crippen LogP) is 1.45. The number of hydrogen-bond donors (Lipinski definition) is 0. The second-order valence-electron chi connectivity index (χ2n) is 1.12. The largest absolute Gasteiger partial charge is 0.319 e. The smallest absolute Gasteiger partial charge is 0.311 e. The number of hydrogen-bond acceptors (Lipinski definition) is 3. The van der Waals surface area contributed by atoms with Gasteiger partial charge in [0.2, 0.25) is 0 Å². The molecule has 9 heavy (non-hydrogen) atoms. The van der Waals surface area contributed by atoms with Gasteiger partial charge in [-0.2, -0.15) is 0 Å². The van der Waals surface area contributed by atoms with Crippen molar-refractivity contribution in [2.24, 2.45) is 0 Å². The van der Waals surface area contributed by atoms with Crippen LogP contribution in [0.2, 0.25) is 0 Å². The van der Waals surface area contributed by atoms with Crippen molar-refractivity contribution in [3.8, 4) is 0 Å². The first-order valence-corrected chi connectivity index (χ1v) is 3.83. The minimum atomic E-state index is -2.14. The van der Waals surface area contributed by atoms with Gasteiger partial charge in [-0.05, 0) is 13.8 Å². The fourth-order valence-electron chi connectivity index (χ4n) is 0.277. The van der Waals surface area contributed by atoms with Crippen LogP contribution in [0.3, 0.4) is 0 Å². The van der Waals surface area contributed by atoms with Crippen molar-refractivity contribution in [3.05, 3.63) is 0 Å². The molecule has 0 unspecified atom stereocenters. The van der Waals surface area contributed by atoms with Crippen LogP contribution in [-0.2, 0) is 33.1 Å². The Morgan fingerprint density at radius 3 is 1.78 bits per heavy atom. The Morgan fingerprint density at radius 2 is 1.56 bits per heavy atom. The molecule has 0 amide bonds. The van der Waals surface area contributed by atoms with Gasteiger partial charge in [0.15, 0.2) is 0 Å². The summed E-state index contributed by atoms with van der Waals surface area (Å²) in [6, 6.07) is 0. The molecule has 0 aromatic carbocycles. The fraction of sp³-hybridized carbons (Fsp3) is 1.00. The quantitative estimate of drug-likeness (QED) is 0.512. The zero-order valence-electron chi connectivity index (χ0n) is 5.85. The Bertz CT molecular complexity index is 70.2. The summed E-state index contributed by atoms with van der Waals surface area (Å²) in [5.41, 5.74) is 0. The summed E-state index contributed by atoms with van der Waals surface area (Å²) in [4.78, 5) is 0. The minimum absolute atomic E-state index is 0. The van der Waals surface area contributed by atoms with Gasteiger partial charge in [0.25, 0.3) is 0 Å². The van der Waals surface area contributed by atoms with Crippen molar-refractivity contribution >= 4 is 8.25 Å². The molecule has 0 fully saturated rings. The third-order valence-electron chi connectivity index (χ3n) is 0.524. The molecule has 5 heteroatoms. The van der Waals surface area contributed by atoms with E-state index in [9.17, 15) is 4.57 Å². The maximum atomic E-state index is 10.4. The van der Waals surface area contributed by atoms with E-state index in [4.69, 9.17) is 0 Å². The summed E-state index contributed by atoms with van der Waals surface area (Å²) in [6.07, 6.45) is 0. The summed E-state index contributed by atoms with van der Waals surface area (Å²) in [5.74, 6) is 0. The van der Waals surface area contributed by atoms with Gasteiger partial charge in [0.1, 0.15) is 0 Å². The van der Waals surface area contributed by atoms with Crippen LogP contribution in [0.25, 0.3) is 0 Å². The Labute approximate surface area is 68.8 Å². The van der Waals surface area contributed by atoms with Gasteiger partial charge in [-0.25, -0.2) is 0 Å². The van der Waals surface area contributed by atoms with E-state index < -0.39 is 8.25 Å². The van der Waals surface area contributed by atoms with Crippen LogP contribution in [0, 0.1) is 0 Å². The topological polar surface area (TPSA) is 35.5 Å². The molecule has 0 bridgehead atoms. The molecule has 0 aromatic rings. The van der Waals surface area contributed by atoms with Crippen molar-refractivity contribution in [3.63, 3.8) is 0 Å². The predicted molar refractivity (Wildman–Crippen MR) is 32.3 cm³/mol. The van der Waals surface area contributed by atoms with E-state index in [2.05, 4.69) is 9.05 Å². The molecule has 0 N–H and O–H groups in total. The van der Waals surface area contributed by atoms with Crippen molar-refractivity contribution in [1.82, 2.24) is 0 Å². The molecule has 0 saturated carbocycles. The van der Waals surface area contributed by atoms with Crippen LogP contribution in [0.15, 0.2) is 0 Å². The van der Waals surface area contributed by atoms with Crippen LogP contribution in [-0.4, -0.2) is 13.2 Å². The molecule has 0 rings (SSSR count). The molecular weight excluding hydrogens is 192 g/mol. The van der Waals surface area contributed by atoms with Gasteiger partial charge in [0.05, 0.1) is 13.2 Å². The molecule has 3 nitrogen and oxygen atoms in total. The van der Waals surface area contributed by atoms with E-state index in [1.54, 1.807) is 13.8 Å². The summed E-state index contributed by atoms with van der Waals surface area (Å²) in [7, 11) is -2.14. The molecule has 0 heterocycles. The Kier molecular flexibility index (Phi) is 12.1. The van der Waals surface area contributed by atoms with Crippen LogP contribution < -0.4 is 0 Å². The third-order valence-corrected chi connectivity index (χ3v) is 1.57. The van der Waals surface area contributed by atoms with Crippen molar-refractivity contribution in [2.75, 3.05) is 13.2 Å². The van der Waals surface area contributed by atoms with Gasteiger partial charge in [-0.15, -0.1) is 0 Å². The second kappa shape index (κ2) is 8.77. The normalized spacial score (nSPS) is 9.22. The first kappa shape index (κ1) is 12.4. The minimum Gasteiger partial charge on any atom is -0.311 e. The van der Waals surface area contributed by atoms with Crippen molar-refractivity contribution < 1.29 is 33.1 Å². The molecule has 0 aliphatic heterocycles. The molecule has 0 radical (unpaired) electrons. The molecule has 0 saturated heterocycles. The van der Waals surface area contributed by atoms with Gasteiger partial charge in [0, 0.05) is 19.5 Å². The van der Waals surface area contributed by atoms with Crippen LogP contribution in [0.1, 0.15) is 13.8 Å². The van der Waals surface area contributed by atoms with Crippen LogP contribution in [0.4, 0.5) is 0 Å². The SMILES string of the molecule is CCO[PH](=O)OCC.[Zn]. The summed E-state index contributed by atoms with van der Waals surface area (Å²) in [5, 5.41) is 0. The van der Waals surface area contributed by atoms with Crippen molar-refractivity contribution in [2.45, 2.75) is 13.8 Å². The maximum absolute atomic E-state index is 10.4. The van der Waals surface area contributed by atoms with Crippen molar-refractivity contribution in [1.29, 1.82) is 0 Å². The van der Waals surface area contributed by atoms with E-state index in [0.29, 0.717) is 13.2 Å². The van der Waals surface area contributed by atoms with E-state index in [-0.39, 0.29) is 19.5 Å². The monoisotopic (exact) mass is 202 g/mol. The van der Waals surface area contributed by atoms with E-state index in [1.165, 1.54) is 0 Å². The summed E-state index contributed by atoms with van der Waals surface area (Å²) < 4.78 is 19.6. The zero-order valence-corrected chi connectivity index (χ0v) is 9.81. The van der Waals surface area contributed by atoms with E-state index in [1.807, 2.05) is 0 Å². The van der Waals surface area contributed by atoms with Gasteiger partial charge >= 0.3 is 8.25 Å². The summed E-state index contributed by atoms with van der Waals surface area (Å²) >= 11 is 0. The average molecular weight is 203 g/mol. The van der Waals surface area contributed by atoms with Gasteiger partial charge in [-0.3, -0.25) is 4.57 Å². The van der Waals surface area contributed by atoms with E-state index in [0.717, 1.165) is 0 Å². The standard InChI is InChI=1S/C4H11O3P.Zn/c1-3-6-8(5)7-4-2;/h8H,3-4H2,1-2H3;. The molecule has 0 spiro atoms. The third kappa shape index (κ3) is 8.77. The second-order valence-corrected chi connectivity index (χ2v) is 2.19. The molecule has 52 valence electrons. The average Bonchev–Trinajstić information content (AvgIpc) is 1.68.